The van der Waals surface area contributed by atoms with E-state index in [-0.39, 0.29) is 31.0 Å². The van der Waals surface area contributed by atoms with Crippen molar-refractivity contribution in [3.8, 4) is 16.9 Å². The zero-order valence-electron chi connectivity index (χ0n) is 27.0. The van der Waals surface area contributed by atoms with Crippen LogP contribution < -0.4 is 10.1 Å². The lowest BCUT2D eigenvalue weighted by Crippen LogP contribution is -2.52. The number of ether oxygens (including phenoxy) is 2. The van der Waals surface area contributed by atoms with Crippen LogP contribution >= 0.6 is 11.6 Å². The number of nitrogens with one attached hydrogen (secondary N) is 1. The molecule has 0 aliphatic carbocycles. The lowest BCUT2D eigenvalue weighted by Gasteiger charge is -2.35. The Hall–Kier alpha value is -5.16. The van der Waals surface area contributed by atoms with Gasteiger partial charge in [0.05, 0.1) is 10.5 Å². The van der Waals surface area contributed by atoms with Gasteiger partial charge in [-0.3, -0.25) is 4.79 Å². The van der Waals surface area contributed by atoms with Crippen LogP contribution in [-0.2, 0) is 22.7 Å². The van der Waals surface area contributed by atoms with Crippen LogP contribution in [0.4, 0.5) is 20.7 Å². The highest BCUT2D eigenvalue weighted by Gasteiger charge is 2.27. The summed E-state index contributed by atoms with van der Waals surface area (Å²) in [7, 11) is 0. The van der Waals surface area contributed by atoms with Crippen molar-refractivity contribution in [2.24, 2.45) is 0 Å². The molecule has 12 heteroatoms. The van der Waals surface area contributed by atoms with Gasteiger partial charge in [-0.15, -0.1) is 0 Å². The first kappa shape index (κ1) is 32.8. The Morgan fingerprint density at radius 3 is 2.48 bits per heavy atom. The summed E-state index contributed by atoms with van der Waals surface area (Å²) in [5, 5.41) is 4.54. The second kappa shape index (κ2) is 13.9. The summed E-state index contributed by atoms with van der Waals surface area (Å²) in [6, 6.07) is 19.5. The predicted molar refractivity (Wildman–Crippen MR) is 183 cm³/mol. The van der Waals surface area contributed by atoms with E-state index < -0.39 is 5.60 Å². The van der Waals surface area contributed by atoms with E-state index >= 15 is 0 Å². The molecule has 48 heavy (non-hydrogen) atoms. The van der Waals surface area contributed by atoms with Crippen molar-refractivity contribution >= 4 is 46.0 Å². The number of aromatic nitrogens is 3. The third kappa shape index (κ3) is 8.03. The third-order valence-corrected chi connectivity index (χ3v) is 8.09. The number of hydrogen-bond acceptors (Lipinski definition) is 7. The molecule has 0 radical (unpaired) electrons. The molecule has 0 atom stereocenters. The first-order valence-electron chi connectivity index (χ1n) is 15.6. The number of amides is 2. The fraction of sp³-hybridized carbons (Fsp3) is 0.278. The van der Waals surface area contributed by atoms with Crippen LogP contribution in [0.2, 0.25) is 5.02 Å². The third-order valence-electron chi connectivity index (χ3n) is 7.80. The van der Waals surface area contributed by atoms with Gasteiger partial charge in [0.1, 0.15) is 42.5 Å². The van der Waals surface area contributed by atoms with E-state index in [1.165, 1.54) is 18.5 Å². The fourth-order valence-electron chi connectivity index (χ4n) is 5.39. The highest BCUT2D eigenvalue weighted by atomic mass is 35.5. The van der Waals surface area contributed by atoms with Crippen molar-refractivity contribution in [2.75, 3.05) is 31.5 Å². The first-order chi connectivity index (χ1) is 23.0. The van der Waals surface area contributed by atoms with Gasteiger partial charge in [0.25, 0.3) is 0 Å². The van der Waals surface area contributed by atoms with Crippen molar-refractivity contribution in [1.82, 2.24) is 24.3 Å². The van der Waals surface area contributed by atoms with Gasteiger partial charge in [-0.25, -0.2) is 19.2 Å². The van der Waals surface area contributed by atoms with Crippen molar-refractivity contribution in [3.63, 3.8) is 0 Å². The van der Waals surface area contributed by atoms with Crippen molar-refractivity contribution in [3.05, 3.63) is 102 Å². The van der Waals surface area contributed by atoms with E-state index in [1.54, 1.807) is 34.1 Å². The molecule has 10 nitrogen and oxygen atoms in total. The molecular formula is C36H36ClFN6O4. The Kier molecular flexibility index (Phi) is 9.49. The van der Waals surface area contributed by atoms with Gasteiger partial charge < -0.3 is 29.2 Å². The number of fused-ring (bicyclic) bond motifs is 1. The van der Waals surface area contributed by atoms with E-state index in [1.807, 2.05) is 68.1 Å². The molecule has 248 valence electrons. The Morgan fingerprint density at radius 2 is 1.73 bits per heavy atom. The van der Waals surface area contributed by atoms with E-state index in [2.05, 4.69) is 15.3 Å². The summed E-state index contributed by atoms with van der Waals surface area (Å²) >= 11 is 6.52. The topological polar surface area (TPSA) is 102 Å². The normalized spacial score (nSPS) is 13.4. The second-order valence-corrected chi connectivity index (χ2v) is 13.0. The van der Waals surface area contributed by atoms with Gasteiger partial charge in [-0.1, -0.05) is 29.8 Å². The number of carbonyl (C=O) groups is 2. The lowest BCUT2D eigenvalue weighted by molar-refractivity contribution is -0.133. The molecule has 1 saturated heterocycles. The van der Waals surface area contributed by atoms with E-state index in [4.69, 9.17) is 21.1 Å². The maximum absolute atomic E-state index is 13.5. The van der Waals surface area contributed by atoms with Crippen LogP contribution in [0.5, 0.6) is 5.75 Å². The number of nitrogens with zero attached hydrogens (tertiary/aromatic N) is 5. The van der Waals surface area contributed by atoms with E-state index in [0.29, 0.717) is 54.0 Å². The molecule has 1 N–H and O–H groups in total. The molecule has 5 aromatic rings. The molecule has 1 aliphatic rings. The fourth-order valence-corrected chi connectivity index (χ4v) is 5.62. The van der Waals surface area contributed by atoms with Crippen LogP contribution in [0, 0.1) is 5.82 Å². The number of hydrogen-bond donors (Lipinski definition) is 1. The Balaban J connectivity index is 1.10. The molecule has 3 heterocycles. The largest absolute Gasteiger partial charge is 0.487 e. The quantitative estimate of drug-likeness (QED) is 0.185. The van der Waals surface area contributed by atoms with Crippen LogP contribution in [0.1, 0.15) is 26.3 Å². The molecule has 0 spiro atoms. The summed E-state index contributed by atoms with van der Waals surface area (Å²) in [5.74, 6) is 0.751. The van der Waals surface area contributed by atoms with Crippen LogP contribution in [-0.4, -0.2) is 68.1 Å². The highest BCUT2D eigenvalue weighted by Crippen LogP contribution is 2.32. The maximum Gasteiger partial charge on any atom is 0.410 e. The zero-order chi connectivity index (χ0) is 33.8. The Morgan fingerprint density at radius 1 is 0.938 bits per heavy atom. The molecule has 3 aromatic carbocycles. The van der Waals surface area contributed by atoms with E-state index in [9.17, 15) is 14.0 Å². The van der Waals surface area contributed by atoms with Crippen LogP contribution in [0.15, 0.2) is 85.5 Å². The van der Waals surface area contributed by atoms with Crippen molar-refractivity contribution < 1.29 is 23.5 Å². The number of halogens is 2. The number of carbonyl (C=O) groups excluding carboxylic acids is 2. The summed E-state index contributed by atoms with van der Waals surface area (Å²) in [5.41, 5.74) is 3.50. The number of benzene rings is 3. The molecule has 0 bridgehead atoms. The number of anilines is 2. The summed E-state index contributed by atoms with van der Waals surface area (Å²) in [6.07, 6.45) is 4.97. The van der Waals surface area contributed by atoms with Gasteiger partial charge in [0, 0.05) is 49.6 Å². The summed E-state index contributed by atoms with van der Waals surface area (Å²) in [4.78, 5) is 37.8. The van der Waals surface area contributed by atoms with Gasteiger partial charge >= 0.3 is 6.09 Å². The average molecular weight is 671 g/mol. The van der Waals surface area contributed by atoms with Gasteiger partial charge in [0.15, 0.2) is 0 Å². The van der Waals surface area contributed by atoms with Crippen molar-refractivity contribution in [1.29, 1.82) is 0 Å². The van der Waals surface area contributed by atoms with Crippen molar-refractivity contribution in [2.45, 2.75) is 39.5 Å². The second-order valence-electron chi connectivity index (χ2n) is 12.6. The highest BCUT2D eigenvalue weighted by molar-refractivity contribution is 6.32. The lowest BCUT2D eigenvalue weighted by atomic mass is 10.1. The molecule has 0 saturated carbocycles. The van der Waals surface area contributed by atoms with Gasteiger partial charge in [-0.2, -0.15) is 0 Å². The minimum absolute atomic E-state index is 0.0107. The molecule has 1 fully saturated rings. The molecule has 1 aliphatic heterocycles. The summed E-state index contributed by atoms with van der Waals surface area (Å²) in [6.45, 7) is 7.69. The monoisotopic (exact) mass is 670 g/mol. The number of rotatable bonds is 8. The molecule has 6 rings (SSSR count). The standard InChI is InChI=1S/C36H36ClFN6O4/c1-36(2,3)48-35(46)44-15-13-43(14-16-44)33(45)21-42-12-11-26(20-42)25-7-9-31-29(18-25)34(40-23-39-31)41-28-8-10-32(30(37)19-28)47-22-24-5-4-6-27(38)17-24/h4-12,17-20,23H,13-16,21-22H2,1-3H3,(H,39,40,41). The molecule has 2 amide bonds. The Labute approximate surface area is 283 Å². The molecule has 0 unspecified atom stereocenters. The SMILES string of the molecule is CC(C)(C)OC(=O)N1CCN(C(=O)Cn2ccc(-c3ccc4ncnc(Nc5ccc(OCc6cccc(F)c6)c(Cl)c5)c4c3)c2)CC1. The zero-order valence-corrected chi connectivity index (χ0v) is 27.7. The minimum Gasteiger partial charge on any atom is -0.487 e. The van der Waals surface area contributed by atoms with Crippen LogP contribution in [0.3, 0.4) is 0 Å². The smallest absolute Gasteiger partial charge is 0.410 e. The Bertz CT molecular complexity index is 1950. The van der Waals surface area contributed by atoms with Gasteiger partial charge in [-0.05, 0) is 86.0 Å². The molecule has 2 aromatic heterocycles. The maximum atomic E-state index is 13.5. The number of piperazine rings is 1. The van der Waals surface area contributed by atoms with Crippen LogP contribution in [0.25, 0.3) is 22.0 Å². The minimum atomic E-state index is -0.559. The molecular weight excluding hydrogens is 635 g/mol. The average Bonchev–Trinajstić information content (AvgIpc) is 3.52. The van der Waals surface area contributed by atoms with Gasteiger partial charge in [0.2, 0.25) is 5.91 Å². The summed E-state index contributed by atoms with van der Waals surface area (Å²) < 4.78 is 26.6. The predicted octanol–water partition coefficient (Wildman–Crippen LogP) is 7.29. The van der Waals surface area contributed by atoms with E-state index in [0.717, 1.165) is 22.0 Å². The first-order valence-corrected chi connectivity index (χ1v) is 16.0.